The SMILES string of the molecule is CC(=O)c1c(O)c2c([nH]c1=O)CC(C)(C)CC2=O. The van der Waals surface area contributed by atoms with Crippen LogP contribution in [0.25, 0.3) is 0 Å². The van der Waals surface area contributed by atoms with Crippen LogP contribution >= 0.6 is 0 Å². The number of pyridine rings is 1. The molecular weight excluding hydrogens is 234 g/mol. The number of Topliss-reactive ketones (excluding diaryl/α,β-unsaturated/α-hetero) is 2. The quantitative estimate of drug-likeness (QED) is 0.737. The second-order valence-corrected chi connectivity index (χ2v) is 5.53. The van der Waals surface area contributed by atoms with Crippen LogP contribution < -0.4 is 5.56 Å². The number of hydrogen-bond donors (Lipinski definition) is 2. The summed E-state index contributed by atoms with van der Waals surface area (Å²) in [6.07, 6.45) is 0.784. The molecule has 0 aromatic carbocycles. The van der Waals surface area contributed by atoms with Gasteiger partial charge in [0.15, 0.2) is 11.6 Å². The molecule has 1 heterocycles. The minimum absolute atomic E-state index is 0.0964. The van der Waals surface area contributed by atoms with Crippen molar-refractivity contribution < 1.29 is 14.7 Å². The Labute approximate surface area is 104 Å². The van der Waals surface area contributed by atoms with Crippen molar-refractivity contribution in [3.05, 3.63) is 27.2 Å². The molecule has 0 fully saturated rings. The van der Waals surface area contributed by atoms with Gasteiger partial charge in [0.1, 0.15) is 11.3 Å². The van der Waals surface area contributed by atoms with Crippen LogP contribution in [0.2, 0.25) is 0 Å². The van der Waals surface area contributed by atoms with E-state index in [-0.39, 0.29) is 28.7 Å². The molecule has 1 aliphatic rings. The molecular formula is C13H15NO4. The Morgan fingerprint density at radius 3 is 2.44 bits per heavy atom. The molecule has 96 valence electrons. The predicted octanol–water partition coefficient (Wildman–Crippen LogP) is 1.44. The van der Waals surface area contributed by atoms with E-state index in [1.807, 2.05) is 13.8 Å². The number of hydrogen-bond acceptors (Lipinski definition) is 4. The summed E-state index contributed by atoms with van der Waals surface area (Å²) in [5.41, 5.74) is -0.703. The molecule has 18 heavy (non-hydrogen) atoms. The fourth-order valence-electron chi connectivity index (χ4n) is 2.46. The van der Waals surface area contributed by atoms with Crippen LogP contribution in [0.1, 0.15) is 53.6 Å². The van der Waals surface area contributed by atoms with E-state index in [1.165, 1.54) is 6.92 Å². The summed E-state index contributed by atoms with van der Waals surface area (Å²) in [4.78, 5) is 37.6. The molecule has 0 saturated carbocycles. The molecule has 0 radical (unpaired) electrons. The number of rotatable bonds is 1. The van der Waals surface area contributed by atoms with Crippen molar-refractivity contribution in [3.8, 4) is 5.75 Å². The summed E-state index contributed by atoms with van der Waals surface area (Å²) in [7, 11) is 0. The van der Waals surface area contributed by atoms with E-state index in [9.17, 15) is 19.5 Å². The van der Waals surface area contributed by atoms with Gasteiger partial charge in [-0.15, -0.1) is 0 Å². The number of aromatic amines is 1. The van der Waals surface area contributed by atoms with E-state index in [1.54, 1.807) is 0 Å². The highest BCUT2D eigenvalue weighted by molar-refractivity contribution is 6.05. The zero-order valence-corrected chi connectivity index (χ0v) is 10.6. The van der Waals surface area contributed by atoms with Crippen LogP contribution in [-0.4, -0.2) is 21.7 Å². The minimum Gasteiger partial charge on any atom is -0.506 e. The molecule has 1 aromatic rings. The molecule has 2 N–H and O–H groups in total. The van der Waals surface area contributed by atoms with Crippen molar-refractivity contribution in [2.75, 3.05) is 0 Å². The van der Waals surface area contributed by atoms with Gasteiger partial charge >= 0.3 is 0 Å². The van der Waals surface area contributed by atoms with E-state index in [0.717, 1.165) is 0 Å². The lowest BCUT2D eigenvalue weighted by atomic mass is 9.75. The topological polar surface area (TPSA) is 87.2 Å². The van der Waals surface area contributed by atoms with Gasteiger partial charge in [-0.05, 0) is 18.8 Å². The van der Waals surface area contributed by atoms with Crippen LogP contribution in [0.15, 0.2) is 4.79 Å². The molecule has 1 aliphatic carbocycles. The van der Waals surface area contributed by atoms with E-state index in [4.69, 9.17) is 0 Å². The highest BCUT2D eigenvalue weighted by atomic mass is 16.3. The molecule has 0 aliphatic heterocycles. The van der Waals surface area contributed by atoms with Gasteiger partial charge in [0.2, 0.25) is 0 Å². The lowest BCUT2D eigenvalue weighted by Crippen LogP contribution is -2.31. The van der Waals surface area contributed by atoms with Gasteiger partial charge < -0.3 is 10.1 Å². The first-order valence-corrected chi connectivity index (χ1v) is 5.75. The van der Waals surface area contributed by atoms with Gasteiger partial charge in [-0.1, -0.05) is 13.8 Å². The van der Waals surface area contributed by atoms with Crippen LogP contribution in [0.4, 0.5) is 0 Å². The van der Waals surface area contributed by atoms with Gasteiger partial charge in [-0.25, -0.2) is 0 Å². The Bertz CT molecular complexity index is 610. The molecule has 2 rings (SSSR count). The number of ketones is 2. The average Bonchev–Trinajstić information content (AvgIpc) is 2.11. The maximum atomic E-state index is 12.0. The number of H-pyrrole nitrogens is 1. The maximum absolute atomic E-state index is 12.0. The second-order valence-electron chi connectivity index (χ2n) is 5.53. The first kappa shape index (κ1) is 12.5. The van der Waals surface area contributed by atoms with Crippen molar-refractivity contribution in [2.45, 2.75) is 33.6 Å². The third-order valence-corrected chi connectivity index (χ3v) is 3.19. The summed E-state index contributed by atoms with van der Waals surface area (Å²) in [5, 5.41) is 9.96. The standard InChI is InChI=1S/C13H15NO4/c1-6(15)9-11(17)10-7(14-12(9)18)4-13(2,3)5-8(10)16/h4-5H2,1-3H3,(H2,14,17,18). The molecule has 1 aromatic heterocycles. The Morgan fingerprint density at radius 2 is 1.89 bits per heavy atom. The largest absolute Gasteiger partial charge is 0.506 e. The average molecular weight is 249 g/mol. The summed E-state index contributed by atoms with van der Waals surface area (Å²) in [6.45, 7) is 5.03. The lowest BCUT2D eigenvalue weighted by Gasteiger charge is -2.30. The molecule has 5 heteroatoms. The number of carbonyl (C=O) groups is 2. The first-order chi connectivity index (χ1) is 8.23. The van der Waals surface area contributed by atoms with E-state index in [2.05, 4.69) is 4.98 Å². The third kappa shape index (κ3) is 1.85. The first-order valence-electron chi connectivity index (χ1n) is 5.75. The smallest absolute Gasteiger partial charge is 0.262 e. The molecule has 0 unspecified atom stereocenters. The fourth-order valence-corrected chi connectivity index (χ4v) is 2.46. The summed E-state index contributed by atoms with van der Waals surface area (Å²) >= 11 is 0. The lowest BCUT2D eigenvalue weighted by molar-refractivity contribution is 0.0906. The molecule has 0 atom stereocenters. The number of carbonyl (C=O) groups excluding carboxylic acids is 2. The zero-order chi connectivity index (χ0) is 13.7. The zero-order valence-electron chi connectivity index (χ0n) is 10.6. The van der Waals surface area contributed by atoms with Crippen LogP contribution in [0, 0.1) is 5.41 Å². The second kappa shape index (κ2) is 3.80. The van der Waals surface area contributed by atoms with Gasteiger partial charge in [0.25, 0.3) is 5.56 Å². The summed E-state index contributed by atoms with van der Waals surface area (Å²) in [6, 6.07) is 0. The Balaban J connectivity index is 2.75. The fraction of sp³-hybridized carbons (Fsp3) is 0.462. The summed E-state index contributed by atoms with van der Waals surface area (Å²) in [5.74, 6) is -1.26. The Morgan fingerprint density at radius 1 is 1.28 bits per heavy atom. The molecule has 0 saturated heterocycles. The Kier molecular flexibility index (Phi) is 2.65. The van der Waals surface area contributed by atoms with Crippen molar-refractivity contribution in [2.24, 2.45) is 5.41 Å². The van der Waals surface area contributed by atoms with Crippen LogP contribution in [0.5, 0.6) is 5.75 Å². The van der Waals surface area contributed by atoms with Crippen molar-refractivity contribution >= 4 is 11.6 Å². The molecule has 0 amide bonds. The number of fused-ring (bicyclic) bond motifs is 1. The molecule has 0 spiro atoms. The van der Waals surface area contributed by atoms with Crippen LogP contribution in [-0.2, 0) is 6.42 Å². The van der Waals surface area contributed by atoms with Crippen LogP contribution in [0.3, 0.4) is 0 Å². The van der Waals surface area contributed by atoms with E-state index >= 15 is 0 Å². The molecule has 0 bridgehead atoms. The predicted molar refractivity (Wildman–Crippen MR) is 65.2 cm³/mol. The third-order valence-electron chi connectivity index (χ3n) is 3.19. The van der Waals surface area contributed by atoms with E-state index < -0.39 is 17.1 Å². The number of nitrogens with one attached hydrogen (secondary N) is 1. The van der Waals surface area contributed by atoms with E-state index in [0.29, 0.717) is 12.1 Å². The minimum atomic E-state index is -0.635. The normalized spacial score (nSPS) is 17.4. The monoisotopic (exact) mass is 249 g/mol. The van der Waals surface area contributed by atoms with Gasteiger partial charge in [-0.2, -0.15) is 0 Å². The van der Waals surface area contributed by atoms with Crippen molar-refractivity contribution in [3.63, 3.8) is 0 Å². The highest BCUT2D eigenvalue weighted by Crippen LogP contribution is 2.37. The van der Waals surface area contributed by atoms with Crippen molar-refractivity contribution in [1.82, 2.24) is 4.98 Å². The number of aromatic hydroxyl groups is 1. The van der Waals surface area contributed by atoms with Gasteiger partial charge in [0.05, 0.1) is 5.56 Å². The highest BCUT2D eigenvalue weighted by Gasteiger charge is 2.35. The maximum Gasteiger partial charge on any atom is 0.262 e. The summed E-state index contributed by atoms with van der Waals surface area (Å²) < 4.78 is 0. The molecule has 5 nitrogen and oxygen atoms in total. The number of aromatic nitrogens is 1. The van der Waals surface area contributed by atoms with Gasteiger partial charge in [-0.3, -0.25) is 14.4 Å². The Hall–Kier alpha value is -1.91. The van der Waals surface area contributed by atoms with Crippen molar-refractivity contribution in [1.29, 1.82) is 0 Å². The van der Waals surface area contributed by atoms with Gasteiger partial charge in [0, 0.05) is 12.1 Å².